The van der Waals surface area contributed by atoms with E-state index in [0.717, 1.165) is 56.6 Å². The Labute approximate surface area is 298 Å². The van der Waals surface area contributed by atoms with Gasteiger partial charge >= 0.3 is 0 Å². The highest BCUT2D eigenvalue weighted by Crippen LogP contribution is 2.56. The fraction of sp³-hybridized carbons (Fsp3) is 0.128. The molecular formula is C47H37N3O. The summed E-state index contributed by atoms with van der Waals surface area (Å²) in [6.45, 7) is 8.70. The minimum atomic E-state index is -0.133. The Hall–Kier alpha value is -6.22. The smallest absolute Gasteiger partial charge is 0.184 e. The van der Waals surface area contributed by atoms with Crippen LogP contribution >= 0.6 is 0 Å². The van der Waals surface area contributed by atoms with Crippen LogP contribution in [-0.4, -0.2) is 11.5 Å². The van der Waals surface area contributed by atoms with Crippen molar-refractivity contribution in [2.45, 2.75) is 39.5 Å². The number of hydrogen-bond donors (Lipinski definition) is 0. The van der Waals surface area contributed by atoms with Crippen molar-refractivity contribution in [1.29, 1.82) is 0 Å². The number of benzene rings is 6. The third-order valence-electron chi connectivity index (χ3n) is 10.4. The summed E-state index contributed by atoms with van der Waals surface area (Å²) in [4.78, 5) is 13.1. The van der Waals surface area contributed by atoms with Crippen LogP contribution in [0.25, 0.3) is 33.1 Å². The van der Waals surface area contributed by atoms with E-state index in [-0.39, 0.29) is 5.41 Å². The number of furan rings is 1. The van der Waals surface area contributed by atoms with E-state index in [2.05, 4.69) is 122 Å². The van der Waals surface area contributed by atoms with Gasteiger partial charge in [-0.3, -0.25) is 4.90 Å². The molecule has 0 bridgehead atoms. The van der Waals surface area contributed by atoms with Gasteiger partial charge in [-0.1, -0.05) is 135 Å². The Morgan fingerprint density at radius 1 is 0.725 bits per heavy atom. The molecule has 1 aromatic heterocycles. The summed E-state index contributed by atoms with van der Waals surface area (Å²) in [6.07, 6.45) is 2.79. The lowest BCUT2D eigenvalue weighted by molar-refractivity contribution is 0.660. The molecule has 1 aliphatic carbocycles. The van der Waals surface area contributed by atoms with Gasteiger partial charge in [0.05, 0.1) is 17.1 Å². The molecule has 6 aromatic carbocycles. The highest BCUT2D eigenvalue weighted by atomic mass is 16.3. The quantitative estimate of drug-likeness (QED) is 0.107. The fourth-order valence-corrected chi connectivity index (χ4v) is 8.01. The van der Waals surface area contributed by atoms with E-state index in [1.165, 1.54) is 33.4 Å². The third-order valence-corrected chi connectivity index (χ3v) is 10.4. The zero-order chi connectivity index (χ0) is 34.7. The molecule has 4 heteroatoms. The molecule has 0 atom stereocenters. The van der Waals surface area contributed by atoms with Crippen LogP contribution in [0.5, 0.6) is 0 Å². The Balaban J connectivity index is 1.28. The van der Waals surface area contributed by atoms with E-state index in [1.807, 2.05) is 56.3 Å². The second-order valence-corrected chi connectivity index (χ2v) is 13.8. The molecule has 0 saturated heterocycles. The van der Waals surface area contributed by atoms with Crippen molar-refractivity contribution < 1.29 is 4.42 Å². The molecule has 246 valence electrons. The maximum atomic E-state index is 6.42. The SMILES string of the molecule is CC=C=C(/N=C(\N=C(C)c1cccc2c1oc1ccccc12)c1ccccc1)N1c2ccccc2Cc2ccc3c(c21)-c1ccccc1C3(C)C. The first-order chi connectivity index (χ1) is 24.9. The van der Waals surface area contributed by atoms with Gasteiger partial charge in [0.25, 0.3) is 0 Å². The molecule has 0 unspecified atom stereocenters. The Morgan fingerprint density at radius 3 is 2.33 bits per heavy atom. The zero-order valence-electron chi connectivity index (χ0n) is 29.2. The van der Waals surface area contributed by atoms with Gasteiger partial charge in [-0.15, -0.1) is 0 Å². The number of amidine groups is 1. The molecule has 1 aliphatic heterocycles. The van der Waals surface area contributed by atoms with E-state index < -0.39 is 0 Å². The molecule has 0 N–H and O–H groups in total. The molecule has 0 spiro atoms. The fourth-order valence-electron chi connectivity index (χ4n) is 8.01. The van der Waals surface area contributed by atoms with Gasteiger partial charge in [0, 0.05) is 39.3 Å². The van der Waals surface area contributed by atoms with E-state index in [9.17, 15) is 0 Å². The van der Waals surface area contributed by atoms with Crippen LogP contribution in [0.2, 0.25) is 0 Å². The molecule has 0 amide bonds. The molecule has 2 heterocycles. The van der Waals surface area contributed by atoms with Gasteiger partial charge in [0.15, 0.2) is 11.7 Å². The first-order valence-corrected chi connectivity index (χ1v) is 17.6. The summed E-state index contributed by atoms with van der Waals surface area (Å²) >= 11 is 0. The first-order valence-electron chi connectivity index (χ1n) is 17.6. The van der Waals surface area contributed by atoms with Crippen LogP contribution in [0.15, 0.2) is 165 Å². The van der Waals surface area contributed by atoms with E-state index in [0.29, 0.717) is 11.7 Å². The molecule has 2 aliphatic rings. The monoisotopic (exact) mass is 659 g/mol. The molecule has 4 nitrogen and oxygen atoms in total. The predicted molar refractivity (Wildman–Crippen MR) is 212 cm³/mol. The van der Waals surface area contributed by atoms with Crippen LogP contribution in [0, 0.1) is 0 Å². The van der Waals surface area contributed by atoms with E-state index >= 15 is 0 Å². The van der Waals surface area contributed by atoms with Crippen LogP contribution in [0.4, 0.5) is 11.4 Å². The maximum absolute atomic E-state index is 6.42. The van der Waals surface area contributed by atoms with Crippen molar-refractivity contribution in [3.05, 3.63) is 184 Å². The predicted octanol–water partition coefficient (Wildman–Crippen LogP) is 11.9. The summed E-state index contributed by atoms with van der Waals surface area (Å²) in [6, 6.07) is 46.8. The van der Waals surface area contributed by atoms with Crippen molar-refractivity contribution in [2.75, 3.05) is 4.90 Å². The zero-order valence-corrected chi connectivity index (χ0v) is 29.2. The Bertz CT molecular complexity index is 2650. The lowest BCUT2D eigenvalue weighted by Crippen LogP contribution is -2.24. The molecular weight excluding hydrogens is 623 g/mol. The van der Waals surface area contributed by atoms with Crippen molar-refractivity contribution in [1.82, 2.24) is 0 Å². The average Bonchev–Trinajstić information content (AvgIpc) is 3.66. The third kappa shape index (κ3) is 4.91. The van der Waals surface area contributed by atoms with Crippen LogP contribution in [-0.2, 0) is 11.8 Å². The van der Waals surface area contributed by atoms with Crippen LogP contribution < -0.4 is 4.90 Å². The Morgan fingerprint density at radius 2 is 1.47 bits per heavy atom. The maximum Gasteiger partial charge on any atom is 0.184 e. The van der Waals surface area contributed by atoms with Crippen LogP contribution in [0.1, 0.15) is 61.1 Å². The molecule has 0 saturated carbocycles. The summed E-state index contributed by atoms with van der Waals surface area (Å²) in [5.74, 6) is 1.28. The Kier molecular flexibility index (Phi) is 7.24. The van der Waals surface area contributed by atoms with Gasteiger partial charge in [0.1, 0.15) is 11.2 Å². The minimum Gasteiger partial charge on any atom is -0.455 e. The van der Waals surface area contributed by atoms with Gasteiger partial charge < -0.3 is 4.42 Å². The van der Waals surface area contributed by atoms with Crippen molar-refractivity contribution >= 4 is 44.9 Å². The number of para-hydroxylation sites is 3. The van der Waals surface area contributed by atoms with Gasteiger partial charge in [-0.25, -0.2) is 9.98 Å². The summed E-state index contributed by atoms with van der Waals surface area (Å²) in [5.41, 5.74) is 17.8. The van der Waals surface area contributed by atoms with E-state index in [1.54, 1.807) is 0 Å². The van der Waals surface area contributed by atoms with Crippen LogP contribution in [0.3, 0.4) is 0 Å². The van der Waals surface area contributed by atoms with E-state index in [4.69, 9.17) is 14.4 Å². The molecule has 51 heavy (non-hydrogen) atoms. The molecule has 7 aromatic rings. The van der Waals surface area contributed by atoms with Crippen molar-refractivity contribution in [3.63, 3.8) is 0 Å². The second kappa shape index (κ2) is 12.0. The number of aliphatic imine (C=N–C) groups is 2. The van der Waals surface area contributed by atoms with Gasteiger partial charge in [-0.05, 0) is 65.9 Å². The second-order valence-electron chi connectivity index (χ2n) is 13.8. The van der Waals surface area contributed by atoms with Crippen molar-refractivity contribution in [2.24, 2.45) is 9.98 Å². The lowest BCUT2D eigenvalue weighted by atomic mass is 9.81. The number of anilines is 2. The summed E-state index contributed by atoms with van der Waals surface area (Å²) in [5, 5.41) is 2.17. The summed E-state index contributed by atoms with van der Waals surface area (Å²) < 4.78 is 6.42. The van der Waals surface area contributed by atoms with Gasteiger partial charge in [0.2, 0.25) is 0 Å². The largest absolute Gasteiger partial charge is 0.455 e. The number of fused-ring (bicyclic) bond motifs is 9. The number of hydrogen-bond acceptors (Lipinski definition) is 3. The summed E-state index contributed by atoms with van der Waals surface area (Å²) in [7, 11) is 0. The molecule has 0 radical (unpaired) electrons. The lowest BCUT2D eigenvalue weighted by Gasteiger charge is -2.35. The highest BCUT2D eigenvalue weighted by molar-refractivity contribution is 6.18. The standard InChI is InChI=1S/C47H37N3O/c1-5-16-42(49-46(31-17-7-6-8-18-31)48-30(2)34-22-15-23-36-35-20-11-14-26-41(35)51-45(34)36)50-40-25-13-9-19-32(40)29-33-27-28-39-43(44(33)50)37-21-10-12-24-38(37)47(39,3)4/h5-15,17-28H,29H2,1-4H3/b48-30?,49-46-. The first kappa shape index (κ1) is 30.8. The number of rotatable bonds is 4. The molecule has 9 rings (SSSR count). The average molecular weight is 660 g/mol. The minimum absolute atomic E-state index is 0.133. The van der Waals surface area contributed by atoms with Crippen molar-refractivity contribution in [3.8, 4) is 11.1 Å². The normalized spacial score (nSPS) is 14.5. The molecule has 0 fully saturated rings. The van der Waals surface area contributed by atoms with Gasteiger partial charge in [-0.2, -0.15) is 0 Å². The highest BCUT2D eigenvalue weighted by Gasteiger charge is 2.40. The number of allylic oxidation sites excluding steroid dienone is 1. The topological polar surface area (TPSA) is 41.1 Å². The number of nitrogens with zero attached hydrogens (tertiary/aromatic N) is 3.